The number of carbonyl (C=O) groups excluding carboxylic acids is 2. The van der Waals surface area contributed by atoms with E-state index in [0.29, 0.717) is 6.42 Å². The molecule has 1 aliphatic heterocycles. The molecule has 1 aromatic carbocycles. The first-order valence-electron chi connectivity index (χ1n) is 6.28. The average Bonchev–Trinajstić information content (AvgIpc) is 2.37. The molecule has 1 fully saturated rings. The molecule has 0 amide bonds. The third-order valence-corrected chi connectivity index (χ3v) is 3.63. The number of carbonyl (C=O) groups is 2. The van der Waals surface area contributed by atoms with E-state index in [0.717, 1.165) is 5.56 Å². The summed E-state index contributed by atoms with van der Waals surface area (Å²) in [5.41, 5.74) is -0.132. The van der Waals surface area contributed by atoms with E-state index < -0.39 is 17.5 Å². The zero-order valence-electron chi connectivity index (χ0n) is 11.0. The van der Waals surface area contributed by atoms with Crippen LogP contribution < -0.4 is 0 Å². The van der Waals surface area contributed by atoms with Crippen LogP contribution >= 0.6 is 0 Å². The Morgan fingerprint density at radius 3 is 2.33 bits per heavy atom. The molecule has 0 N–H and O–H groups in total. The van der Waals surface area contributed by atoms with E-state index >= 15 is 0 Å². The SMILES string of the molecule is CC[C@H]1C(=O)C(C)(C)C(=O)O[C@@H]1c1ccccc1. The molecule has 3 nitrogen and oxygen atoms in total. The summed E-state index contributed by atoms with van der Waals surface area (Å²) in [6.07, 6.45) is 0.235. The van der Waals surface area contributed by atoms with Gasteiger partial charge in [-0.3, -0.25) is 9.59 Å². The Hall–Kier alpha value is -1.64. The molecule has 2 atom stereocenters. The zero-order valence-corrected chi connectivity index (χ0v) is 11.0. The molecule has 18 heavy (non-hydrogen) atoms. The molecule has 0 aliphatic carbocycles. The largest absolute Gasteiger partial charge is 0.456 e. The van der Waals surface area contributed by atoms with Crippen LogP contribution in [0.15, 0.2) is 30.3 Å². The summed E-state index contributed by atoms with van der Waals surface area (Å²) in [6, 6.07) is 9.47. The summed E-state index contributed by atoms with van der Waals surface area (Å²) < 4.78 is 5.50. The summed E-state index contributed by atoms with van der Waals surface area (Å²) in [7, 11) is 0. The lowest BCUT2D eigenvalue weighted by molar-refractivity contribution is -0.179. The van der Waals surface area contributed by atoms with Crippen molar-refractivity contribution in [1.29, 1.82) is 0 Å². The minimum absolute atomic E-state index is 0.0184. The van der Waals surface area contributed by atoms with Crippen LogP contribution in [0.5, 0.6) is 0 Å². The van der Waals surface area contributed by atoms with Crippen molar-refractivity contribution in [2.75, 3.05) is 0 Å². The van der Waals surface area contributed by atoms with Gasteiger partial charge in [-0.15, -0.1) is 0 Å². The molecule has 96 valence electrons. The van der Waals surface area contributed by atoms with Gasteiger partial charge in [0.05, 0.1) is 5.92 Å². The molecule has 1 heterocycles. The molecule has 0 bridgehead atoms. The van der Waals surface area contributed by atoms with Gasteiger partial charge in [0, 0.05) is 0 Å². The molecule has 0 unspecified atom stereocenters. The highest BCUT2D eigenvalue weighted by atomic mass is 16.5. The van der Waals surface area contributed by atoms with Crippen LogP contribution in [0, 0.1) is 11.3 Å². The van der Waals surface area contributed by atoms with Crippen molar-refractivity contribution in [3.05, 3.63) is 35.9 Å². The number of ketones is 1. The summed E-state index contributed by atoms with van der Waals surface area (Å²) in [5, 5.41) is 0. The Morgan fingerprint density at radius 1 is 1.17 bits per heavy atom. The van der Waals surface area contributed by atoms with E-state index in [1.807, 2.05) is 37.3 Å². The molecule has 1 aliphatic rings. The first kappa shape index (κ1) is 12.8. The van der Waals surface area contributed by atoms with E-state index in [-0.39, 0.29) is 11.7 Å². The van der Waals surface area contributed by atoms with Crippen LogP contribution in [-0.2, 0) is 14.3 Å². The topological polar surface area (TPSA) is 43.4 Å². The van der Waals surface area contributed by atoms with Crippen LogP contribution in [0.1, 0.15) is 38.9 Å². The van der Waals surface area contributed by atoms with E-state index in [1.54, 1.807) is 13.8 Å². The molecule has 2 rings (SSSR count). The maximum atomic E-state index is 12.4. The molecule has 3 heteroatoms. The number of hydrogen-bond donors (Lipinski definition) is 0. The molecule has 0 aromatic heterocycles. The van der Waals surface area contributed by atoms with Gasteiger partial charge in [-0.05, 0) is 25.8 Å². The first-order valence-corrected chi connectivity index (χ1v) is 6.28. The van der Waals surface area contributed by atoms with E-state index in [1.165, 1.54) is 0 Å². The fourth-order valence-electron chi connectivity index (χ4n) is 2.39. The minimum Gasteiger partial charge on any atom is -0.456 e. The Labute approximate surface area is 107 Å². The number of hydrogen-bond acceptors (Lipinski definition) is 3. The maximum Gasteiger partial charge on any atom is 0.319 e. The molecular formula is C15H18O3. The van der Waals surface area contributed by atoms with Gasteiger partial charge >= 0.3 is 5.97 Å². The van der Waals surface area contributed by atoms with Crippen molar-refractivity contribution in [2.24, 2.45) is 11.3 Å². The van der Waals surface area contributed by atoms with Gasteiger partial charge in [0.2, 0.25) is 0 Å². The van der Waals surface area contributed by atoms with Gasteiger partial charge in [0.15, 0.2) is 5.78 Å². The van der Waals surface area contributed by atoms with Crippen molar-refractivity contribution in [2.45, 2.75) is 33.3 Å². The second kappa shape index (κ2) is 4.56. The molecular weight excluding hydrogens is 228 g/mol. The molecule has 0 saturated carbocycles. The Bertz CT molecular complexity index is 462. The highest BCUT2D eigenvalue weighted by molar-refractivity contribution is 6.06. The summed E-state index contributed by atoms with van der Waals surface area (Å²) in [4.78, 5) is 24.3. The van der Waals surface area contributed by atoms with Crippen molar-refractivity contribution in [3.63, 3.8) is 0 Å². The second-order valence-corrected chi connectivity index (χ2v) is 5.24. The van der Waals surface area contributed by atoms with Crippen molar-refractivity contribution >= 4 is 11.8 Å². The number of Topliss-reactive ketones (excluding diaryl/α,β-unsaturated/α-hetero) is 1. The van der Waals surface area contributed by atoms with Gasteiger partial charge in [-0.25, -0.2) is 0 Å². The number of ether oxygens (including phenoxy) is 1. The van der Waals surface area contributed by atoms with Crippen molar-refractivity contribution < 1.29 is 14.3 Å². The Balaban J connectivity index is 2.38. The van der Waals surface area contributed by atoms with Crippen LogP contribution in [0.4, 0.5) is 0 Å². The number of benzene rings is 1. The fraction of sp³-hybridized carbons (Fsp3) is 0.467. The highest BCUT2D eigenvalue weighted by Crippen LogP contribution is 2.41. The van der Waals surface area contributed by atoms with Crippen LogP contribution in [-0.4, -0.2) is 11.8 Å². The van der Waals surface area contributed by atoms with Gasteiger partial charge in [0.1, 0.15) is 11.5 Å². The smallest absolute Gasteiger partial charge is 0.319 e. The fourth-order valence-corrected chi connectivity index (χ4v) is 2.39. The van der Waals surface area contributed by atoms with Gasteiger partial charge in [0.25, 0.3) is 0 Å². The van der Waals surface area contributed by atoms with E-state index in [4.69, 9.17) is 4.74 Å². The van der Waals surface area contributed by atoms with Crippen molar-refractivity contribution in [1.82, 2.24) is 0 Å². The third-order valence-electron chi connectivity index (χ3n) is 3.63. The Kier molecular flexibility index (Phi) is 3.24. The summed E-state index contributed by atoms with van der Waals surface area (Å²) in [5.74, 6) is -0.693. The quantitative estimate of drug-likeness (QED) is 0.595. The van der Waals surface area contributed by atoms with Gasteiger partial charge < -0.3 is 4.74 Å². The highest BCUT2D eigenvalue weighted by Gasteiger charge is 2.50. The molecule has 0 radical (unpaired) electrons. The first-order chi connectivity index (χ1) is 8.48. The lowest BCUT2D eigenvalue weighted by Crippen LogP contribution is -2.47. The van der Waals surface area contributed by atoms with Gasteiger partial charge in [-0.1, -0.05) is 37.3 Å². The predicted molar refractivity (Wildman–Crippen MR) is 67.8 cm³/mol. The summed E-state index contributed by atoms with van der Waals surface area (Å²) >= 11 is 0. The predicted octanol–water partition coefficient (Wildman–Crippen LogP) is 2.91. The van der Waals surface area contributed by atoms with E-state index in [2.05, 4.69) is 0 Å². The standard InChI is InChI=1S/C15H18O3/c1-4-11-12(10-8-6-5-7-9-10)18-14(17)15(2,3)13(11)16/h5-9,11-12H,4H2,1-3H3/t11-,12-/m1/s1. The molecule has 1 aromatic rings. The van der Waals surface area contributed by atoms with Crippen molar-refractivity contribution in [3.8, 4) is 0 Å². The second-order valence-electron chi connectivity index (χ2n) is 5.24. The lowest BCUT2D eigenvalue weighted by Gasteiger charge is -2.37. The normalized spacial score (nSPS) is 26.8. The maximum absolute atomic E-state index is 12.4. The van der Waals surface area contributed by atoms with Gasteiger partial charge in [-0.2, -0.15) is 0 Å². The number of cyclic esters (lactones) is 1. The number of rotatable bonds is 2. The minimum atomic E-state index is -1.02. The zero-order chi connectivity index (χ0) is 13.3. The monoisotopic (exact) mass is 246 g/mol. The molecule has 1 saturated heterocycles. The van der Waals surface area contributed by atoms with Crippen LogP contribution in [0.25, 0.3) is 0 Å². The Morgan fingerprint density at radius 2 is 1.78 bits per heavy atom. The molecule has 0 spiro atoms. The van der Waals surface area contributed by atoms with E-state index in [9.17, 15) is 9.59 Å². The number of esters is 1. The average molecular weight is 246 g/mol. The van der Waals surface area contributed by atoms with Crippen LogP contribution in [0.3, 0.4) is 0 Å². The lowest BCUT2D eigenvalue weighted by atomic mass is 9.74. The summed E-state index contributed by atoms with van der Waals surface area (Å²) in [6.45, 7) is 5.23. The van der Waals surface area contributed by atoms with Crippen LogP contribution in [0.2, 0.25) is 0 Å². The third kappa shape index (κ3) is 1.94.